The predicted molar refractivity (Wildman–Crippen MR) is 119 cm³/mol. The van der Waals surface area contributed by atoms with Crippen molar-refractivity contribution in [1.82, 2.24) is 0 Å². The lowest BCUT2D eigenvalue weighted by atomic mass is 9.89. The van der Waals surface area contributed by atoms with Gasteiger partial charge < -0.3 is 0 Å². The van der Waals surface area contributed by atoms with Gasteiger partial charge >= 0.3 is 0 Å². The minimum Gasteiger partial charge on any atom is -0.0619 e. The number of fused-ring (bicyclic) bond motifs is 8. The maximum absolute atomic E-state index is 2.49. The largest absolute Gasteiger partial charge is 0.0619 e. The van der Waals surface area contributed by atoms with Gasteiger partial charge in [-0.1, -0.05) is 62.4 Å². The highest BCUT2D eigenvalue weighted by atomic mass is 14.3. The van der Waals surface area contributed by atoms with Gasteiger partial charge in [-0.3, -0.25) is 0 Å². The summed E-state index contributed by atoms with van der Waals surface area (Å²) in [6, 6.07) is 23.2. The summed E-state index contributed by atoms with van der Waals surface area (Å²) in [6.07, 6.45) is 2.14. The van der Waals surface area contributed by atoms with Crippen LogP contribution in [-0.4, -0.2) is 0 Å². The van der Waals surface area contributed by atoms with Crippen molar-refractivity contribution in [1.29, 1.82) is 0 Å². The van der Waals surface area contributed by atoms with Crippen molar-refractivity contribution >= 4 is 10.8 Å². The minimum atomic E-state index is 0.565. The van der Waals surface area contributed by atoms with Crippen LogP contribution in [0.2, 0.25) is 0 Å². The van der Waals surface area contributed by atoms with Gasteiger partial charge in [0.1, 0.15) is 0 Å². The molecular formula is C28H24. The average molecular weight is 361 g/mol. The summed E-state index contributed by atoms with van der Waals surface area (Å²) in [5.41, 5.74) is 14.8. The number of rotatable bonds is 1. The Morgan fingerprint density at radius 3 is 2.43 bits per heavy atom. The van der Waals surface area contributed by atoms with Gasteiger partial charge in [0, 0.05) is 0 Å². The molecule has 2 aliphatic rings. The van der Waals surface area contributed by atoms with E-state index in [4.69, 9.17) is 0 Å². The van der Waals surface area contributed by atoms with Gasteiger partial charge in [-0.15, -0.1) is 0 Å². The SMILES string of the molecule is Cc1ccc2c(c1C(C)C)Cc1cc3c4c(ccc3cc1-2)Cc1ccccc1-4. The lowest BCUT2D eigenvalue weighted by Gasteiger charge is -2.15. The summed E-state index contributed by atoms with van der Waals surface area (Å²) in [6.45, 7) is 6.91. The lowest BCUT2D eigenvalue weighted by Crippen LogP contribution is -1.98. The molecular weight excluding hydrogens is 336 g/mol. The summed E-state index contributed by atoms with van der Waals surface area (Å²) in [5, 5.41) is 2.80. The standard InChI is InChI=1S/C28H24/c1-16(2)27-17(3)8-11-23-24-13-19-9-10-20-12-18-6-4-5-7-22(18)28(20)25(19)14-21(24)15-26(23)27/h4-11,13-14,16H,12,15H2,1-3H3. The van der Waals surface area contributed by atoms with Crippen molar-refractivity contribution < 1.29 is 0 Å². The van der Waals surface area contributed by atoms with Crippen LogP contribution in [0, 0.1) is 6.92 Å². The molecule has 0 saturated carbocycles. The number of aryl methyl sites for hydroxylation is 1. The zero-order chi connectivity index (χ0) is 19.0. The van der Waals surface area contributed by atoms with Crippen LogP contribution in [0.3, 0.4) is 0 Å². The quantitative estimate of drug-likeness (QED) is 0.286. The first kappa shape index (κ1) is 16.1. The monoisotopic (exact) mass is 360 g/mol. The van der Waals surface area contributed by atoms with Crippen LogP contribution in [0.4, 0.5) is 0 Å². The molecule has 0 aliphatic heterocycles. The first-order chi connectivity index (χ1) is 13.6. The van der Waals surface area contributed by atoms with Crippen molar-refractivity contribution in [3.63, 3.8) is 0 Å². The van der Waals surface area contributed by atoms with Crippen LogP contribution in [0.15, 0.2) is 60.7 Å². The van der Waals surface area contributed by atoms with Crippen molar-refractivity contribution in [3.8, 4) is 22.3 Å². The van der Waals surface area contributed by atoms with Gasteiger partial charge in [-0.25, -0.2) is 0 Å². The first-order valence-electron chi connectivity index (χ1n) is 10.4. The van der Waals surface area contributed by atoms with Crippen LogP contribution < -0.4 is 0 Å². The highest BCUT2D eigenvalue weighted by molar-refractivity contribution is 6.04. The zero-order valence-electron chi connectivity index (χ0n) is 16.8. The van der Waals surface area contributed by atoms with Gasteiger partial charge in [0.2, 0.25) is 0 Å². The molecule has 4 aromatic carbocycles. The summed E-state index contributed by atoms with van der Waals surface area (Å²) >= 11 is 0. The second kappa shape index (κ2) is 5.58. The molecule has 6 rings (SSSR count). The Hall–Kier alpha value is -2.86. The van der Waals surface area contributed by atoms with E-state index in [-0.39, 0.29) is 0 Å². The van der Waals surface area contributed by atoms with Crippen LogP contribution >= 0.6 is 0 Å². The van der Waals surface area contributed by atoms with E-state index in [1.54, 1.807) is 11.1 Å². The number of benzene rings is 4. The second-order valence-corrected chi connectivity index (χ2v) is 8.82. The average Bonchev–Trinajstić information content (AvgIpc) is 3.23. The molecule has 4 aromatic rings. The molecule has 0 unspecified atom stereocenters. The molecule has 0 nitrogen and oxygen atoms in total. The highest BCUT2D eigenvalue weighted by Gasteiger charge is 2.26. The van der Waals surface area contributed by atoms with Gasteiger partial charge in [-0.2, -0.15) is 0 Å². The Bertz CT molecular complexity index is 1290. The molecule has 0 N–H and O–H groups in total. The van der Waals surface area contributed by atoms with Crippen molar-refractivity contribution in [2.24, 2.45) is 0 Å². The van der Waals surface area contributed by atoms with E-state index in [1.165, 1.54) is 55.3 Å². The van der Waals surface area contributed by atoms with Crippen molar-refractivity contribution in [2.45, 2.75) is 39.5 Å². The summed E-state index contributed by atoms with van der Waals surface area (Å²) in [7, 11) is 0. The van der Waals surface area contributed by atoms with E-state index in [0.29, 0.717) is 5.92 Å². The molecule has 0 radical (unpaired) electrons. The number of hydrogen-bond acceptors (Lipinski definition) is 0. The van der Waals surface area contributed by atoms with Gasteiger partial charge in [0.05, 0.1) is 0 Å². The van der Waals surface area contributed by atoms with E-state index < -0.39 is 0 Å². The molecule has 0 atom stereocenters. The van der Waals surface area contributed by atoms with Gasteiger partial charge in [0.25, 0.3) is 0 Å². The maximum Gasteiger partial charge on any atom is -0.00103 e. The molecule has 0 fully saturated rings. The van der Waals surface area contributed by atoms with E-state index in [2.05, 4.69) is 81.4 Å². The molecule has 0 saturated heterocycles. The third kappa shape index (κ3) is 2.06. The normalized spacial score (nSPS) is 13.6. The summed E-state index contributed by atoms with van der Waals surface area (Å²) in [5.74, 6) is 0.565. The molecule has 0 heterocycles. The Kier molecular flexibility index (Phi) is 3.21. The topological polar surface area (TPSA) is 0 Å². The second-order valence-electron chi connectivity index (χ2n) is 8.82. The Balaban J connectivity index is 1.62. The molecule has 0 aromatic heterocycles. The molecule has 0 bridgehead atoms. The van der Waals surface area contributed by atoms with Crippen LogP contribution in [0.1, 0.15) is 53.1 Å². The highest BCUT2D eigenvalue weighted by Crippen LogP contribution is 2.47. The zero-order valence-corrected chi connectivity index (χ0v) is 16.8. The fourth-order valence-electron chi connectivity index (χ4n) is 5.67. The molecule has 0 amide bonds. The third-order valence-corrected chi connectivity index (χ3v) is 6.81. The fourth-order valence-corrected chi connectivity index (χ4v) is 5.67. The van der Waals surface area contributed by atoms with E-state index >= 15 is 0 Å². The van der Waals surface area contributed by atoms with Gasteiger partial charge in [-0.05, 0) is 104 Å². The van der Waals surface area contributed by atoms with E-state index in [9.17, 15) is 0 Å². The molecule has 0 spiro atoms. The van der Waals surface area contributed by atoms with E-state index in [0.717, 1.165) is 12.8 Å². The minimum absolute atomic E-state index is 0.565. The van der Waals surface area contributed by atoms with E-state index in [1.807, 2.05) is 0 Å². The van der Waals surface area contributed by atoms with Crippen LogP contribution in [0.25, 0.3) is 33.0 Å². The smallest absolute Gasteiger partial charge is 0.00103 e. The molecule has 2 aliphatic carbocycles. The first-order valence-corrected chi connectivity index (χ1v) is 10.4. The fraction of sp³-hybridized carbons (Fsp3) is 0.214. The maximum atomic E-state index is 2.49. The third-order valence-electron chi connectivity index (χ3n) is 6.81. The summed E-state index contributed by atoms with van der Waals surface area (Å²) in [4.78, 5) is 0. The lowest BCUT2D eigenvalue weighted by molar-refractivity contribution is 0.842. The Morgan fingerprint density at radius 2 is 1.57 bits per heavy atom. The molecule has 28 heavy (non-hydrogen) atoms. The molecule has 0 heteroatoms. The Labute approximate surface area is 166 Å². The summed E-state index contributed by atoms with van der Waals surface area (Å²) < 4.78 is 0. The van der Waals surface area contributed by atoms with Crippen molar-refractivity contribution in [3.05, 3.63) is 94.0 Å². The van der Waals surface area contributed by atoms with Crippen molar-refractivity contribution in [2.75, 3.05) is 0 Å². The van der Waals surface area contributed by atoms with Crippen LogP contribution in [0.5, 0.6) is 0 Å². The van der Waals surface area contributed by atoms with Crippen LogP contribution in [-0.2, 0) is 12.8 Å². The number of hydrogen-bond donors (Lipinski definition) is 0. The van der Waals surface area contributed by atoms with Gasteiger partial charge in [0.15, 0.2) is 0 Å². The predicted octanol–water partition coefficient (Wildman–Crippen LogP) is 7.41. The Morgan fingerprint density at radius 1 is 0.714 bits per heavy atom. The molecule has 136 valence electrons.